The maximum atomic E-state index is 11.9. The minimum Gasteiger partial charge on any atom is -0.485 e. The standard InChI is InChI=1S/C11H12ClNO5S2/c12-20(15,16)7-3-10(14)13(4-7)5-9-11-8(6-19-9)17-1-2-18-11/h6-7H,1-5H2. The van der Waals surface area contributed by atoms with Gasteiger partial charge in [-0.05, 0) is 0 Å². The molecule has 2 aliphatic heterocycles. The third-order valence-electron chi connectivity index (χ3n) is 3.28. The van der Waals surface area contributed by atoms with Crippen molar-refractivity contribution in [3.63, 3.8) is 0 Å². The number of ether oxygens (including phenoxy) is 2. The van der Waals surface area contributed by atoms with Crippen LogP contribution >= 0.6 is 22.0 Å². The summed E-state index contributed by atoms with van der Waals surface area (Å²) in [5.74, 6) is 1.13. The molecule has 1 unspecified atom stereocenters. The molecular formula is C11H12ClNO5S2. The van der Waals surface area contributed by atoms with Crippen LogP contribution in [0.1, 0.15) is 11.3 Å². The molecule has 9 heteroatoms. The number of amides is 1. The summed E-state index contributed by atoms with van der Waals surface area (Å²) in [5, 5.41) is 1.00. The lowest BCUT2D eigenvalue weighted by atomic mass is 10.3. The summed E-state index contributed by atoms with van der Waals surface area (Å²) in [7, 11) is 1.61. The molecule has 1 amide bonds. The van der Waals surface area contributed by atoms with Crippen molar-refractivity contribution in [1.29, 1.82) is 0 Å². The van der Waals surface area contributed by atoms with Gasteiger partial charge in [-0.2, -0.15) is 0 Å². The third-order valence-corrected chi connectivity index (χ3v) is 6.08. The molecule has 1 atom stereocenters. The summed E-state index contributed by atoms with van der Waals surface area (Å²) in [4.78, 5) is 14.2. The fraction of sp³-hybridized carbons (Fsp3) is 0.545. The summed E-state index contributed by atoms with van der Waals surface area (Å²) < 4.78 is 33.6. The third kappa shape index (κ3) is 2.59. The van der Waals surface area contributed by atoms with Crippen LogP contribution in [0, 0.1) is 0 Å². The molecule has 3 rings (SSSR count). The van der Waals surface area contributed by atoms with Gasteiger partial charge < -0.3 is 14.4 Å². The van der Waals surface area contributed by atoms with E-state index in [1.807, 2.05) is 5.38 Å². The van der Waals surface area contributed by atoms with Crippen molar-refractivity contribution >= 4 is 37.0 Å². The summed E-state index contributed by atoms with van der Waals surface area (Å²) in [6, 6.07) is 0. The van der Waals surface area contributed by atoms with Gasteiger partial charge in [-0.3, -0.25) is 4.79 Å². The van der Waals surface area contributed by atoms with Crippen molar-refractivity contribution in [3.05, 3.63) is 10.3 Å². The monoisotopic (exact) mass is 337 g/mol. The Morgan fingerprint density at radius 2 is 2.15 bits per heavy atom. The molecule has 0 aromatic carbocycles. The molecule has 0 spiro atoms. The maximum absolute atomic E-state index is 11.9. The zero-order valence-corrected chi connectivity index (χ0v) is 12.8. The van der Waals surface area contributed by atoms with Gasteiger partial charge in [-0.15, -0.1) is 11.3 Å². The quantitative estimate of drug-likeness (QED) is 0.775. The number of hydrogen-bond acceptors (Lipinski definition) is 6. The van der Waals surface area contributed by atoms with E-state index in [0.717, 1.165) is 4.88 Å². The normalized spacial score (nSPS) is 22.4. The summed E-state index contributed by atoms with van der Waals surface area (Å²) in [6.45, 7) is 1.44. The Balaban J connectivity index is 1.76. The van der Waals surface area contributed by atoms with Crippen LogP contribution in [0.3, 0.4) is 0 Å². The number of likely N-dealkylation sites (tertiary alicyclic amines) is 1. The molecule has 1 aromatic rings. The number of rotatable bonds is 3. The van der Waals surface area contributed by atoms with Crippen LogP contribution < -0.4 is 9.47 Å². The van der Waals surface area contributed by atoms with Crippen molar-refractivity contribution in [2.75, 3.05) is 19.8 Å². The molecule has 3 heterocycles. The number of fused-ring (bicyclic) bond motifs is 1. The topological polar surface area (TPSA) is 72.9 Å². The molecule has 1 aromatic heterocycles. The Morgan fingerprint density at radius 3 is 2.85 bits per heavy atom. The summed E-state index contributed by atoms with van der Waals surface area (Å²) in [6.07, 6.45) is -0.0588. The van der Waals surface area contributed by atoms with Crippen molar-refractivity contribution < 1.29 is 22.7 Å². The molecule has 6 nitrogen and oxygen atoms in total. The van der Waals surface area contributed by atoms with Crippen LogP contribution in [0.5, 0.6) is 11.5 Å². The van der Waals surface area contributed by atoms with E-state index in [4.69, 9.17) is 20.2 Å². The van der Waals surface area contributed by atoms with Crippen molar-refractivity contribution in [1.82, 2.24) is 4.90 Å². The average molecular weight is 338 g/mol. The van der Waals surface area contributed by atoms with Gasteiger partial charge in [0.05, 0.1) is 11.4 Å². The minimum absolute atomic E-state index is 0.0588. The van der Waals surface area contributed by atoms with Gasteiger partial charge in [0, 0.05) is 29.0 Å². The zero-order chi connectivity index (χ0) is 14.3. The lowest BCUT2D eigenvalue weighted by Crippen LogP contribution is -2.26. The van der Waals surface area contributed by atoms with Gasteiger partial charge in [0.15, 0.2) is 11.5 Å². The van der Waals surface area contributed by atoms with Gasteiger partial charge in [0.1, 0.15) is 18.5 Å². The molecule has 0 radical (unpaired) electrons. The van der Waals surface area contributed by atoms with Crippen LogP contribution in [-0.4, -0.2) is 44.2 Å². The first-order chi connectivity index (χ1) is 9.45. The highest BCUT2D eigenvalue weighted by molar-refractivity contribution is 8.14. The lowest BCUT2D eigenvalue weighted by Gasteiger charge is -2.19. The molecule has 0 N–H and O–H groups in total. The lowest BCUT2D eigenvalue weighted by molar-refractivity contribution is -0.128. The summed E-state index contributed by atoms with van der Waals surface area (Å²) >= 11 is 1.44. The second-order valence-corrected chi connectivity index (χ2v) is 8.50. The maximum Gasteiger partial charge on any atom is 0.237 e. The van der Waals surface area contributed by atoms with Gasteiger partial charge in [0.2, 0.25) is 15.0 Å². The van der Waals surface area contributed by atoms with Gasteiger partial charge in [-0.25, -0.2) is 8.42 Å². The Morgan fingerprint density at radius 1 is 1.40 bits per heavy atom. The molecule has 0 aliphatic carbocycles. The number of carbonyl (C=O) groups excluding carboxylic acids is 1. The van der Waals surface area contributed by atoms with E-state index in [1.165, 1.54) is 16.2 Å². The van der Waals surface area contributed by atoms with Gasteiger partial charge in [0.25, 0.3) is 0 Å². The predicted octanol–water partition coefficient (Wildman–Crippen LogP) is 1.19. The minimum atomic E-state index is -3.71. The Labute approximate surface area is 124 Å². The molecule has 1 fully saturated rings. The van der Waals surface area contributed by atoms with Crippen LogP contribution in [0.2, 0.25) is 0 Å². The fourth-order valence-corrected chi connectivity index (χ4v) is 4.25. The number of nitrogens with zero attached hydrogens (tertiary/aromatic N) is 1. The molecular weight excluding hydrogens is 326 g/mol. The molecule has 20 heavy (non-hydrogen) atoms. The highest BCUT2D eigenvalue weighted by Gasteiger charge is 2.38. The van der Waals surface area contributed by atoms with Gasteiger partial charge >= 0.3 is 0 Å². The average Bonchev–Trinajstić information content (AvgIpc) is 2.95. The Kier molecular flexibility index (Phi) is 3.55. The number of thiophene rings is 1. The van der Waals surface area contributed by atoms with Crippen LogP contribution in [0.4, 0.5) is 0 Å². The van der Waals surface area contributed by atoms with Crippen molar-refractivity contribution in [3.8, 4) is 11.5 Å². The van der Waals surface area contributed by atoms with Crippen molar-refractivity contribution in [2.24, 2.45) is 0 Å². The number of hydrogen-bond donors (Lipinski definition) is 0. The van der Waals surface area contributed by atoms with E-state index in [-0.39, 0.29) is 18.9 Å². The number of halogens is 1. The van der Waals surface area contributed by atoms with E-state index in [9.17, 15) is 13.2 Å². The molecule has 1 saturated heterocycles. The van der Waals surface area contributed by atoms with Gasteiger partial charge in [-0.1, -0.05) is 0 Å². The highest BCUT2D eigenvalue weighted by atomic mass is 35.7. The largest absolute Gasteiger partial charge is 0.485 e. The van der Waals surface area contributed by atoms with E-state index in [0.29, 0.717) is 31.3 Å². The first-order valence-electron chi connectivity index (χ1n) is 6.02. The second-order valence-electron chi connectivity index (χ2n) is 4.63. The zero-order valence-electron chi connectivity index (χ0n) is 10.4. The molecule has 110 valence electrons. The predicted molar refractivity (Wildman–Crippen MR) is 73.9 cm³/mol. The Bertz CT molecular complexity index is 641. The molecule has 0 saturated carbocycles. The smallest absolute Gasteiger partial charge is 0.237 e. The first-order valence-corrected chi connectivity index (χ1v) is 9.27. The first kappa shape index (κ1) is 14.0. The Hall–Kier alpha value is -0.990. The van der Waals surface area contributed by atoms with Crippen molar-refractivity contribution in [2.45, 2.75) is 18.2 Å². The summed E-state index contributed by atoms with van der Waals surface area (Å²) in [5.41, 5.74) is 0. The van der Waals surface area contributed by atoms with E-state index in [1.54, 1.807) is 0 Å². The van der Waals surface area contributed by atoms with Crippen LogP contribution in [-0.2, 0) is 20.4 Å². The van der Waals surface area contributed by atoms with E-state index in [2.05, 4.69) is 0 Å². The van der Waals surface area contributed by atoms with E-state index < -0.39 is 14.3 Å². The SMILES string of the molecule is O=C1CC(S(=O)(=O)Cl)CN1Cc1scc2c1OCCO2. The molecule has 2 aliphatic rings. The van der Waals surface area contributed by atoms with E-state index >= 15 is 0 Å². The number of carbonyl (C=O) groups is 1. The van der Waals surface area contributed by atoms with Crippen LogP contribution in [0.25, 0.3) is 0 Å². The fourth-order valence-electron chi connectivity index (χ4n) is 2.28. The molecule has 0 bridgehead atoms. The second kappa shape index (κ2) is 5.09. The highest BCUT2D eigenvalue weighted by Crippen LogP contribution is 2.40. The van der Waals surface area contributed by atoms with Crippen LogP contribution in [0.15, 0.2) is 5.38 Å².